The van der Waals surface area contributed by atoms with Crippen LogP contribution in [0.15, 0.2) is 60.9 Å². The summed E-state index contributed by atoms with van der Waals surface area (Å²) in [6.45, 7) is 0.458. The first kappa shape index (κ1) is 15.7. The molecule has 2 aromatic carbocycles. The largest absolute Gasteiger partial charge is 0.489 e. The average Bonchev–Trinajstić information content (AvgIpc) is 2.67. The molecule has 0 fully saturated rings. The Hall–Kier alpha value is -3.21. The lowest BCUT2D eigenvalue weighted by Crippen LogP contribution is -1.97. The Labute approximate surface area is 139 Å². The Morgan fingerprint density at radius 2 is 1.79 bits per heavy atom. The van der Waals surface area contributed by atoms with E-state index in [9.17, 15) is 4.79 Å². The predicted octanol–water partition coefficient (Wildman–Crippen LogP) is 3.54. The number of benzene rings is 2. The van der Waals surface area contributed by atoms with E-state index in [1.165, 1.54) is 7.11 Å². The van der Waals surface area contributed by atoms with Crippen LogP contribution in [0.5, 0.6) is 11.8 Å². The molecule has 0 bridgehead atoms. The lowest BCUT2D eigenvalue weighted by atomic mass is 10.0. The second-order valence-electron chi connectivity index (χ2n) is 5.10. The highest BCUT2D eigenvalue weighted by molar-refractivity contribution is 5.87. The summed E-state index contributed by atoms with van der Waals surface area (Å²) in [6.07, 6.45) is 4.05. The van der Waals surface area contributed by atoms with E-state index in [1.807, 2.05) is 36.4 Å². The fourth-order valence-electron chi connectivity index (χ4n) is 2.28. The van der Waals surface area contributed by atoms with E-state index in [-0.39, 0.29) is 6.01 Å². The quantitative estimate of drug-likeness (QED) is 0.650. The van der Waals surface area contributed by atoms with Gasteiger partial charge < -0.3 is 9.47 Å². The number of nitrogens with zero attached hydrogens (tertiary/aromatic N) is 2. The molecule has 0 saturated heterocycles. The third-order valence-corrected chi connectivity index (χ3v) is 3.52. The van der Waals surface area contributed by atoms with Crippen LogP contribution in [0.1, 0.15) is 15.9 Å². The van der Waals surface area contributed by atoms with Crippen LogP contribution < -0.4 is 9.47 Å². The molecule has 0 aliphatic carbocycles. The Morgan fingerprint density at radius 1 is 1.04 bits per heavy atom. The zero-order valence-corrected chi connectivity index (χ0v) is 13.2. The number of aromatic nitrogens is 2. The minimum atomic E-state index is 0.280. The standard InChI is InChI=1S/C19H16N2O3/c1-23-19-20-10-16(11-21-19)18-9-17(8-7-15(18)12-22)24-13-14-5-3-2-4-6-14/h2-12H,13H2,1H3. The van der Waals surface area contributed by atoms with Crippen LogP contribution in [0.3, 0.4) is 0 Å². The van der Waals surface area contributed by atoms with E-state index < -0.39 is 0 Å². The third kappa shape index (κ3) is 3.57. The van der Waals surface area contributed by atoms with Crippen LogP contribution in [0.25, 0.3) is 11.1 Å². The fraction of sp³-hybridized carbons (Fsp3) is 0.105. The second kappa shape index (κ2) is 7.37. The van der Waals surface area contributed by atoms with Gasteiger partial charge in [0.05, 0.1) is 7.11 Å². The maximum atomic E-state index is 11.3. The average molecular weight is 320 g/mol. The first-order valence-corrected chi connectivity index (χ1v) is 7.42. The molecule has 1 heterocycles. The Morgan fingerprint density at radius 3 is 2.46 bits per heavy atom. The summed E-state index contributed by atoms with van der Waals surface area (Å²) in [5.74, 6) is 0.676. The van der Waals surface area contributed by atoms with Crippen molar-refractivity contribution in [3.8, 4) is 22.9 Å². The highest BCUT2D eigenvalue weighted by Gasteiger charge is 2.09. The van der Waals surface area contributed by atoms with Crippen LogP contribution in [0.4, 0.5) is 0 Å². The number of carbonyl (C=O) groups excluding carboxylic acids is 1. The molecule has 0 radical (unpaired) electrons. The summed E-state index contributed by atoms with van der Waals surface area (Å²) in [6, 6.07) is 15.5. The number of hydrogen-bond donors (Lipinski definition) is 0. The van der Waals surface area contributed by atoms with Gasteiger partial charge in [-0.05, 0) is 29.3 Å². The zero-order chi connectivity index (χ0) is 16.8. The summed E-state index contributed by atoms with van der Waals surface area (Å²) in [4.78, 5) is 19.5. The predicted molar refractivity (Wildman–Crippen MR) is 90.2 cm³/mol. The summed E-state index contributed by atoms with van der Waals surface area (Å²) in [5.41, 5.74) is 3.07. The molecule has 0 saturated carbocycles. The first-order chi connectivity index (χ1) is 11.8. The molecule has 24 heavy (non-hydrogen) atoms. The van der Waals surface area contributed by atoms with Crippen LogP contribution in [-0.4, -0.2) is 23.4 Å². The number of carbonyl (C=O) groups is 1. The molecule has 0 atom stereocenters. The van der Waals surface area contributed by atoms with E-state index in [2.05, 4.69) is 9.97 Å². The first-order valence-electron chi connectivity index (χ1n) is 7.42. The maximum Gasteiger partial charge on any atom is 0.316 e. The highest BCUT2D eigenvalue weighted by atomic mass is 16.5. The van der Waals surface area contributed by atoms with Crippen LogP contribution in [0.2, 0.25) is 0 Å². The summed E-state index contributed by atoms with van der Waals surface area (Å²) in [5, 5.41) is 0. The van der Waals surface area contributed by atoms with Crippen molar-refractivity contribution in [3.63, 3.8) is 0 Å². The molecule has 0 N–H and O–H groups in total. The van der Waals surface area contributed by atoms with Crippen molar-refractivity contribution >= 4 is 6.29 Å². The number of methoxy groups -OCH3 is 1. The van der Waals surface area contributed by atoms with Gasteiger partial charge in [-0.25, -0.2) is 9.97 Å². The van der Waals surface area contributed by atoms with E-state index in [4.69, 9.17) is 9.47 Å². The number of hydrogen-bond acceptors (Lipinski definition) is 5. The second-order valence-corrected chi connectivity index (χ2v) is 5.10. The van der Waals surface area contributed by atoms with Gasteiger partial charge in [0.1, 0.15) is 12.4 Å². The molecular weight excluding hydrogens is 304 g/mol. The molecule has 0 spiro atoms. The number of ether oxygens (including phenoxy) is 2. The van der Waals surface area contributed by atoms with Crippen molar-refractivity contribution < 1.29 is 14.3 Å². The third-order valence-electron chi connectivity index (χ3n) is 3.52. The van der Waals surface area contributed by atoms with Crippen molar-refractivity contribution in [2.75, 3.05) is 7.11 Å². The molecule has 0 aliphatic heterocycles. The molecular formula is C19H16N2O3. The van der Waals surface area contributed by atoms with E-state index >= 15 is 0 Å². The van der Waals surface area contributed by atoms with Gasteiger partial charge in [-0.2, -0.15) is 0 Å². The normalized spacial score (nSPS) is 10.2. The molecule has 5 nitrogen and oxygen atoms in total. The SMILES string of the molecule is COc1ncc(-c2cc(OCc3ccccc3)ccc2C=O)cn1. The van der Waals surface area contributed by atoms with Gasteiger partial charge in [-0.15, -0.1) is 0 Å². The molecule has 0 aliphatic rings. The van der Waals surface area contributed by atoms with Gasteiger partial charge >= 0.3 is 6.01 Å². The summed E-state index contributed by atoms with van der Waals surface area (Å²) < 4.78 is 10.8. The molecule has 3 rings (SSSR count). The monoisotopic (exact) mass is 320 g/mol. The van der Waals surface area contributed by atoms with Crippen molar-refractivity contribution in [3.05, 3.63) is 72.1 Å². The smallest absolute Gasteiger partial charge is 0.316 e. The van der Waals surface area contributed by atoms with E-state index in [1.54, 1.807) is 24.5 Å². The maximum absolute atomic E-state index is 11.3. The highest BCUT2D eigenvalue weighted by Crippen LogP contribution is 2.27. The van der Waals surface area contributed by atoms with Crippen molar-refractivity contribution in [1.82, 2.24) is 9.97 Å². The lowest BCUT2D eigenvalue weighted by Gasteiger charge is -2.10. The van der Waals surface area contributed by atoms with Crippen molar-refractivity contribution in [2.24, 2.45) is 0 Å². The van der Waals surface area contributed by atoms with Gasteiger partial charge in [0, 0.05) is 23.5 Å². The van der Waals surface area contributed by atoms with Gasteiger partial charge in [0.15, 0.2) is 6.29 Å². The number of aldehydes is 1. The van der Waals surface area contributed by atoms with E-state index in [0.717, 1.165) is 23.0 Å². The van der Waals surface area contributed by atoms with Gasteiger partial charge in [-0.3, -0.25) is 4.79 Å². The molecule has 120 valence electrons. The van der Waals surface area contributed by atoms with Crippen LogP contribution in [0, 0.1) is 0 Å². The lowest BCUT2D eigenvalue weighted by molar-refractivity contribution is 0.112. The topological polar surface area (TPSA) is 61.3 Å². The molecule has 0 unspecified atom stereocenters. The molecule has 3 aromatic rings. The van der Waals surface area contributed by atoms with Crippen molar-refractivity contribution in [2.45, 2.75) is 6.61 Å². The Kier molecular flexibility index (Phi) is 4.81. The summed E-state index contributed by atoms with van der Waals surface area (Å²) in [7, 11) is 1.50. The fourth-order valence-corrected chi connectivity index (χ4v) is 2.28. The number of rotatable bonds is 6. The molecule has 1 aromatic heterocycles. The zero-order valence-electron chi connectivity index (χ0n) is 13.2. The van der Waals surface area contributed by atoms with Gasteiger partial charge in [0.25, 0.3) is 0 Å². The molecule has 5 heteroatoms. The van der Waals surface area contributed by atoms with E-state index in [0.29, 0.717) is 17.9 Å². The minimum absolute atomic E-state index is 0.280. The molecule has 0 amide bonds. The van der Waals surface area contributed by atoms with Crippen LogP contribution >= 0.6 is 0 Å². The minimum Gasteiger partial charge on any atom is -0.489 e. The van der Waals surface area contributed by atoms with Gasteiger partial charge in [0.2, 0.25) is 0 Å². The Bertz CT molecular complexity index is 818. The van der Waals surface area contributed by atoms with Crippen LogP contribution in [-0.2, 0) is 6.61 Å². The Balaban J connectivity index is 1.85. The summed E-state index contributed by atoms with van der Waals surface area (Å²) >= 11 is 0. The van der Waals surface area contributed by atoms with Crippen molar-refractivity contribution in [1.29, 1.82) is 0 Å². The van der Waals surface area contributed by atoms with Gasteiger partial charge in [-0.1, -0.05) is 30.3 Å².